The maximum absolute atomic E-state index is 11.6. The van der Waals surface area contributed by atoms with Gasteiger partial charge >= 0.3 is 12.1 Å². The van der Waals surface area contributed by atoms with Crippen LogP contribution in [0.15, 0.2) is 43.0 Å². The number of hydrogen-bond donors (Lipinski definition) is 2. The maximum atomic E-state index is 11.6. The van der Waals surface area contributed by atoms with E-state index >= 15 is 0 Å². The van der Waals surface area contributed by atoms with E-state index in [0.717, 1.165) is 16.7 Å². The standard InChI is InChI=1S/C18H23NO4/c1-13(2)14-6-5-7-15(12-14)18(3,4)9-8-16(20)23-11-10-19-17(21)22/h5-9,12,19H,1,10-11H2,2-4H3,(H,21,22). The zero-order valence-electron chi connectivity index (χ0n) is 13.8. The first-order valence-corrected chi connectivity index (χ1v) is 7.31. The number of ether oxygens (including phenoxy) is 1. The maximum Gasteiger partial charge on any atom is 0.404 e. The van der Waals surface area contributed by atoms with Crippen molar-refractivity contribution in [2.24, 2.45) is 0 Å². The molecule has 0 heterocycles. The molecule has 0 saturated heterocycles. The minimum atomic E-state index is -1.14. The minimum absolute atomic E-state index is 0.00104. The molecule has 0 atom stereocenters. The van der Waals surface area contributed by atoms with E-state index in [-0.39, 0.29) is 18.6 Å². The Morgan fingerprint density at radius 2 is 2.09 bits per heavy atom. The summed E-state index contributed by atoms with van der Waals surface area (Å²) >= 11 is 0. The van der Waals surface area contributed by atoms with Crippen LogP contribution in [0.4, 0.5) is 4.79 Å². The van der Waals surface area contributed by atoms with Crippen molar-refractivity contribution in [1.82, 2.24) is 5.32 Å². The predicted molar refractivity (Wildman–Crippen MR) is 90.3 cm³/mol. The third kappa shape index (κ3) is 6.38. The summed E-state index contributed by atoms with van der Waals surface area (Å²) in [5.74, 6) is -0.499. The lowest BCUT2D eigenvalue weighted by atomic mass is 9.83. The Kier molecular flexibility index (Phi) is 6.57. The fourth-order valence-electron chi connectivity index (χ4n) is 1.92. The van der Waals surface area contributed by atoms with Crippen molar-refractivity contribution < 1.29 is 19.4 Å². The molecule has 124 valence electrons. The molecule has 0 aliphatic rings. The van der Waals surface area contributed by atoms with Gasteiger partial charge in [-0.1, -0.05) is 56.3 Å². The van der Waals surface area contributed by atoms with Gasteiger partial charge in [-0.3, -0.25) is 0 Å². The molecule has 1 aromatic rings. The van der Waals surface area contributed by atoms with E-state index in [1.165, 1.54) is 6.08 Å². The Morgan fingerprint density at radius 1 is 1.39 bits per heavy atom. The third-order valence-corrected chi connectivity index (χ3v) is 3.36. The number of carbonyl (C=O) groups excluding carboxylic acids is 1. The number of rotatable bonds is 7. The number of carbonyl (C=O) groups is 2. The molecule has 23 heavy (non-hydrogen) atoms. The molecule has 1 amide bonds. The first-order chi connectivity index (χ1) is 10.7. The van der Waals surface area contributed by atoms with Crippen LogP contribution < -0.4 is 5.32 Å². The highest BCUT2D eigenvalue weighted by atomic mass is 16.5. The Balaban J connectivity index is 2.66. The lowest BCUT2D eigenvalue weighted by Gasteiger charge is -2.21. The molecule has 2 N–H and O–H groups in total. The van der Waals surface area contributed by atoms with Crippen LogP contribution >= 0.6 is 0 Å². The molecule has 0 saturated carbocycles. The van der Waals surface area contributed by atoms with Crippen LogP contribution in [0.5, 0.6) is 0 Å². The topological polar surface area (TPSA) is 75.6 Å². The van der Waals surface area contributed by atoms with E-state index in [0.29, 0.717) is 0 Å². The van der Waals surface area contributed by atoms with Crippen LogP contribution in [0.1, 0.15) is 31.9 Å². The lowest BCUT2D eigenvalue weighted by molar-refractivity contribution is -0.137. The van der Waals surface area contributed by atoms with Crippen molar-refractivity contribution in [2.75, 3.05) is 13.2 Å². The van der Waals surface area contributed by atoms with Crippen molar-refractivity contribution in [3.8, 4) is 0 Å². The highest BCUT2D eigenvalue weighted by molar-refractivity contribution is 5.82. The van der Waals surface area contributed by atoms with Crippen LogP contribution in [0.2, 0.25) is 0 Å². The van der Waals surface area contributed by atoms with E-state index in [1.807, 2.05) is 39.0 Å². The molecule has 5 nitrogen and oxygen atoms in total. The van der Waals surface area contributed by atoms with Gasteiger partial charge in [-0.2, -0.15) is 0 Å². The van der Waals surface area contributed by atoms with Crippen molar-refractivity contribution in [2.45, 2.75) is 26.2 Å². The van der Waals surface area contributed by atoms with E-state index in [1.54, 1.807) is 6.08 Å². The zero-order chi connectivity index (χ0) is 17.5. The summed E-state index contributed by atoms with van der Waals surface area (Å²) in [5, 5.41) is 10.5. The summed E-state index contributed by atoms with van der Waals surface area (Å²) < 4.78 is 4.92. The van der Waals surface area contributed by atoms with Crippen molar-refractivity contribution in [1.29, 1.82) is 0 Å². The zero-order valence-corrected chi connectivity index (χ0v) is 13.8. The average Bonchev–Trinajstić information content (AvgIpc) is 2.49. The van der Waals surface area contributed by atoms with Crippen LogP contribution in [-0.2, 0) is 14.9 Å². The van der Waals surface area contributed by atoms with Crippen LogP contribution in [0.3, 0.4) is 0 Å². The Bertz CT molecular complexity index is 617. The van der Waals surface area contributed by atoms with Gasteiger partial charge in [0.15, 0.2) is 0 Å². The highest BCUT2D eigenvalue weighted by Crippen LogP contribution is 2.27. The van der Waals surface area contributed by atoms with E-state index in [2.05, 4.69) is 18.0 Å². The lowest BCUT2D eigenvalue weighted by Crippen LogP contribution is -2.26. The van der Waals surface area contributed by atoms with E-state index < -0.39 is 12.1 Å². The van der Waals surface area contributed by atoms with Crippen molar-refractivity contribution in [3.63, 3.8) is 0 Å². The summed E-state index contributed by atoms with van der Waals surface area (Å²) in [6, 6.07) is 8.01. The molecular weight excluding hydrogens is 294 g/mol. The third-order valence-electron chi connectivity index (χ3n) is 3.36. The average molecular weight is 317 g/mol. The second-order valence-corrected chi connectivity index (χ2v) is 5.82. The monoisotopic (exact) mass is 317 g/mol. The molecule has 0 unspecified atom stereocenters. The van der Waals surface area contributed by atoms with Gasteiger partial charge in [0, 0.05) is 11.5 Å². The van der Waals surface area contributed by atoms with Gasteiger partial charge in [-0.15, -0.1) is 0 Å². The number of carboxylic acid groups (broad SMARTS) is 1. The smallest absolute Gasteiger partial charge is 0.404 e. The molecule has 0 aliphatic heterocycles. The number of benzene rings is 1. The molecule has 0 aromatic heterocycles. The van der Waals surface area contributed by atoms with Crippen LogP contribution in [-0.4, -0.2) is 30.3 Å². The van der Waals surface area contributed by atoms with Gasteiger partial charge < -0.3 is 15.2 Å². The fraction of sp³-hybridized carbons (Fsp3) is 0.333. The van der Waals surface area contributed by atoms with Crippen molar-refractivity contribution in [3.05, 3.63) is 54.1 Å². The van der Waals surface area contributed by atoms with Gasteiger partial charge in [-0.05, 0) is 18.1 Å². The number of esters is 1. The minimum Gasteiger partial charge on any atom is -0.465 e. The largest absolute Gasteiger partial charge is 0.465 e. The van der Waals surface area contributed by atoms with Crippen LogP contribution in [0.25, 0.3) is 5.57 Å². The Morgan fingerprint density at radius 3 is 2.70 bits per heavy atom. The summed E-state index contributed by atoms with van der Waals surface area (Å²) in [5.41, 5.74) is 2.77. The van der Waals surface area contributed by atoms with E-state index in [9.17, 15) is 9.59 Å². The first kappa shape index (κ1) is 18.5. The predicted octanol–water partition coefficient (Wildman–Crippen LogP) is 3.36. The second-order valence-electron chi connectivity index (χ2n) is 5.82. The quantitative estimate of drug-likeness (QED) is 0.459. The van der Waals surface area contributed by atoms with Gasteiger partial charge in [0.25, 0.3) is 0 Å². The molecule has 0 fully saturated rings. The molecular formula is C18H23NO4. The highest BCUT2D eigenvalue weighted by Gasteiger charge is 2.18. The Hall–Kier alpha value is -2.56. The number of nitrogens with one attached hydrogen (secondary N) is 1. The molecule has 1 aromatic carbocycles. The van der Waals surface area contributed by atoms with Crippen molar-refractivity contribution >= 4 is 17.6 Å². The summed E-state index contributed by atoms with van der Waals surface area (Å²) in [4.78, 5) is 21.9. The normalized spacial score (nSPS) is 11.3. The van der Waals surface area contributed by atoms with E-state index in [4.69, 9.17) is 9.84 Å². The molecule has 0 bridgehead atoms. The van der Waals surface area contributed by atoms with Gasteiger partial charge in [0.2, 0.25) is 0 Å². The first-order valence-electron chi connectivity index (χ1n) is 7.31. The summed E-state index contributed by atoms with van der Waals surface area (Å²) in [6.07, 6.45) is 2.00. The van der Waals surface area contributed by atoms with Gasteiger partial charge in [0.05, 0.1) is 6.54 Å². The number of hydrogen-bond acceptors (Lipinski definition) is 3. The van der Waals surface area contributed by atoms with Gasteiger partial charge in [0.1, 0.15) is 6.61 Å². The Labute approximate surface area is 136 Å². The molecule has 0 aliphatic carbocycles. The summed E-state index contributed by atoms with van der Waals surface area (Å²) in [6.45, 7) is 9.96. The molecule has 1 rings (SSSR count). The second kappa shape index (κ2) is 8.17. The molecule has 0 radical (unpaired) electrons. The molecule has 5 heteroatoms. The number of allylic oxidation sites excluding steroid dienone is 2. The molecule has 0 spiro atoms. The fourth-order valence-corrected chi connectivity index (χ4v) is 1.92. The van der Waals surface area contributed by atoms with Crippen LogP contribution in [0, 0.1) is 0 Å². The number of amides is 1. The van der Waals surface area contributed by atoms with Gasteiger partial charge in [-0.25, -0.2) is 9.59 Å². The SMILES string of the molecule is C=C(C)c1cccc(C(C)(C)C=CC(=O)OCCNC(=O)O)c1. The summed E-state index contributed by atoms with van der Waals surface area (Å²) in [7, 11) is 0.